The maximum atomic E-state index is 11.4. The summed E-state index contributed by atoms with van der Waals surface area (Å²) < 4.78 is 4.78. The van der Waals surface area contributed by atoms with Crippen LogP contribution < -0.4 is 5.56 Å². The molecule has 0 saturated heterocycles. The van der Waals surface area contributed by atoms with Gasteiger partial charge in [0.2, 0.25) is 0 Å². The van der Waals surface area contributed by atoms with E-state index in [9.17, 15) is 4.79 Å². The lowest BCUT2D eigenvalue weighted by Gasteiger charge is -1.98. The zero-order chi connectivity index (χ0) is 11.0. The average molecular weight is 214 g/mol. The second kappa shape index (κ2) is 3.27. The van der Waals surface area contributed by atoms with E-state index in [1.54, 1.807) is 18.5 Å². The predicted molar refractivity (Wildman–Crippen MR) is 55.7 cm³/mol. The van der Waals surface area contributed by atoms with Gasteiger partial charge in [-0.05, 0) is 12.1 Å². The van der Waals surface area contributed by atoms with Gasteiger partial charge in [-0.1, -0.05) is 5.16 Å². The van der Waals surface area contributed by atoms with Crippen molar-refractivity contribution >= 4 is 10.9 Å². The van der Waals surface area contributed by atoms with Crippen LogP contribution in [0.1, 0.15) is 0 Å². The van der Waals surface area contributed by atoms with Gasteiger partial charge in [0.15, 0.2) is 5.52 Å². The van der Waals surface area contributed by atoms with E-state index in [1.165, 1.54) is 6.26 Å². The Balaban J connectivity index is 2.37. The molecule has 3 aromatic rings. The summed E-state index contributed by atoms with van der Waals surface area (Å²) in [5.41, 5.74) is 1.28. The van der Waals surface area contributed by atoms with E-state index in [-0.39, 0.29) is 11.1 Å². The third-order valence-corrected chi connectivity index (χ3v) is 2.24. The Kier molecular flexibility index (Phi) is 1.79. The Morgan fingerprint density at radius 1 is 1.38 bits per heavy atom. The first-order valence-electron chi connectivity index (χ1n) is 4.59. The molecular formula is C10H6N4O2. The van der Waals surface area contributed by atoms with Crippen LogP contribution in [0.25, 0.3) is 22.2 Å². The first-order valence-corrected chi connectivity index (χ1v) is 4.59. The molecule has 0 aromatic carbocycles. The van der Waals surface area contributed by atoms with Gasteiger partial charge in [-0.3, -0.25) is 9.78 Å². The molecule has 16 heavy (non-hydrogen) atoms. The predicted octanol–water partition coefficient (Wildman–Crippen LogP) is 0.973. The number of rotatable bonds is 1. The molecule has 78 valence electrons. The molecule has 0 radical (unpaired) electrons. The highest BCUT2D eigenvalue weighted by Crippen LogP contribution is 2.22. The van der Waals surface area contributed by atoms with E-state index in [1.807, 2.05) is 6.07 Å². The van der Waals surface area contributed by atoms with Crippen molar-refractivity contribution in [2.45, 2.75) is 0 Å². The summed E-state index contributed by atoms with van der Waals surface area (Å²) in [7, 11) is 0. The van der Waals surface area contributed by atoms with Crippen LogP contribution in [0.4, 0.5) is 0 Å². The highest BCUT2D eigenvalue weighted by molar-refractivity contribution is 5.90. The number of pyridine rings is 1. The highest BCUT2D eigenvalue weighted by atomic mass is 16.5. The monoisotopic (exact) mass is 214 g/mol. The summed E-state index contributed by atoms with van der Waals surface area (Å²) in [6, 6.07) is 3.64. The molecule has 3 aromatic heterocycles. The van der Waals surface area contributed by atoms with Crippen LogP contribution in [0.15, 0.2) is 40.1 Å². The number of hydrogen-bond donors (Lipinski definition) is 1. The molecule has 6 nitrogen and oxygen atoms in total. The Labute approximate surface area is 88.9 Å². The van der Waals surface area contributed by atoms with Gasteiger partial charge < -0.3 is 4.52 Å². The zero-order valence-electron chi connectivity index (χ0n) is 8.04. The van der Waals surface area contributed by atoms with Gasteiger partial charge in [0, 0.05) is 18.0 Å². The Hall–Kier alpha value is -2.50. The Morgan fingerprint density at radius 3 is 3.12 bits per heavy atom. The summed E-state index contributed by atoms with van der Waals surface area (Å²) in [4.78, 5) is 15.4. The van der Waals surface area contributed by atoms with E-state index in [2.05, 4.69) is 20.3 Å². The lowest BCUT2D eigenvalue weighted by atomic mass is 10.1. The number of aromatic nitrogens is 4. The fraction of sp³-hybridized carbons (Fsp3) is 0. The van der Waals surface area contributed by atoms with E-state index in [0.29, 0.717) is 11.1 Å². The van der Waals surface area contributed by atoms with E-state index >= 15 is 0 Å². The van der Waals surface area contributed by atoms with Crippen LogP contribution in [0.3, 0.4) is 0 Å². The van der Waals surface area contributed by atoms with E-state index in [0.717, 1.165) is 5.56 Å². The van der Waals surface area contributed by atoms with Gasteiger partial charge in [0.05, 0.1) is 5.39 Å². The molecule has 6 heteroatoms. The van der Waals surface area contributed by atoms with Gasteiger partial charge in [0.1, 0.15) is 12.0 Å². The minimum Gasteiger partial charge on any atom is -0.363 e. The number of nitrogens with one attached hydrogen (secondary N) is 1. The third-order valence-electron chi connectivity index (χ3n) is 2.24. The first kappa shape index (κ1) is 8.78. The molecule has 0 atom stereocenters. The van der Waals surface area contributed by atoms with Crippen molar-refractivity contribution in [2.75, 3.05) is 0 Å². The van der Waals surface area contributed by atoms with Crippen LogP contribution >= 0.6 is 0 Å². The summed E-state index contributed by atoms with van der Waals surface area (Å²) in [5, 5.41) is 10.5. The summed E-state index contributed by atoms with van der Waals surface area (Å²) in [6.45, 7) is 0. The van der Waals surface area contributed by atoms with Crippen molar-refractivity contribution in [2.24, 2.45) is 0 Å². The molecule has 0 unspecified atom stereocenters. The van der Waals surface area contributed by atoms with Crippen molar-refractivity contribution in [3.05, 3.63) is 41.1 Å². The number of aromatic amines is 1. The average Bonchev–Trinajstić information content (AvgIpc) is 2.81. The van der Waals surface area contributed by atoms with Crippen molar-refractivity contribution in [1.82, 2.24) is 20.3 Å². The normalized spacial score (nSPS) is 10.8. The number of nitrogens with zero attached hydrogens (tertiary/aromatic N) is 3. The molecule has 3 heterocycles. The lowest BCUT2D eigenvalue weighted by molar-refractivity contribution is 0.428. The largest absolute Gasteiger partial charge is 0.363 e. The minimum absolute atomic E-state index is 0.244. The van der Waals surface area contributed by atoms with Crippen molar-refractivity contribution in [3.8, 4) is 11.3 Å². The van der Waals surface area contributed by atoms with E-state index < -0.39 is 0 Å². The Bertz CT molecular complexity index is 687. The van der Waals surface area contributed by atoms with Gasteiger partial charge in [-0.2, -0.15) is 5.10 Å². The summed E-state index contributed by atoms with van der Waals surface area (Å²) >= 11 is 0. The van der Waals surface area contributed by atoms with Crippen LogP contribution in [0.5, 0.6) is 0 Å². The van der Waals surface area contributed by atoms with Gasteiger partial charge in [-0.15, -0.1) is 0 Å². The Morgan fingerprint density at radius 2 is 2.31 bits per heavy atom. The van der Waals surface area contributed by atoms with Gasteiger partial charge in [-0.25, -0.2) is 5.10 Å². The van der Waals surface area contributed by atoms with Crippen LogP contribution in [0, 0.1) is 0 Å². The molecule has 1 N–H and O–H groups in total. The molecule has 0 fully saturated rings. The standard InChI is InChI=1S/C10H6N4O2/c15-10-9-7(5-16-14-9)8(12-13-10)6-2-1-3-11-4-6/h1-5H,(H,13,15). The maximum absolute atomic E-state index is 11.4. The van der Waals surface area contributed by atoms with Gasteiger partial charge >= 0.3 is 0 Å². The second-order valence-electron chi connectivity index (χ2n) is 3.22. The molecule has 0 spiro atoms. The zero-order valence-corrected chi connectivity index (χ0v) is 8.04. The molecule has 0 aliphatic heterocycles. The SMILES string of the molecule is O=c1[nH]nc(-c2cccnc2)c2conc12. The molecule has 3 rings (SSSR count). The number of H-pyrrole nitrogens is 1. The summed E-state index contributed by atoms with van der Waals surface area (Å²) in [6.07, 6.45) is 4.73. The van der Waals surface area contributed by atoms with Crippen molar-refractivity contribution < 1.29 is 4.52 Å². The van der Waals surface area contributed by atoms with Gasteiger partial charge in [0.25, 0.3) is 5.56 Å². The molecule has 0 aliphatic carbocycles. The van der Waals surface area contributed by atoms with Crippen LogP contribution in [-0.4, -0.2) is 20.3 Å². The number of hydrogen-bond acceptors (Lipinski definition) is 5. The first-order chi connectivity index (χ1) is 7.86. The van der Waals surface area contributed by atoms with Crippen molar-refractivity contribution in [1.29, 1.82) is 0 Å². The highest BCUT2D eigenvalue weighted by Gasteiger charge is 2.11. The third kappa shape index (κ3) is 1.20. The maximum Gasteiger partial charge on any atom is 0.294 e. The number of fused-ring (bicyclic) bond motifs is 1. The topological polar surface area (TPSA) is 84.7 Å². The van der Waals surface area contributed by atoms with Crippen LogP contribution in [-0.2, 0) is 0 Å². The molecule has 0 aliphatic rings. The molecular weight excluding hydrogens is 208 g/mol. The minimum atomic E-state index is -0.364. The van der Waals surface area contributed by atoms with Crippen molar-refractivity contribution in [3.63, 3.8) is 0 Å². The quantitative estimate of drug-likeness (QED) is 0.652. The fourth-order valence-corrected chi connectivity index (χ4v) is 1.51. The fourth-order valence-electron chi connectivity index (χ4n) is 1.51. The van der Waals surface area contributed by atoms with E-state index in [4.69, 9.17) is 4.52 Å². The van der Waals surface area contributed by atoms with Crippen LogP contribution in [0.2, 0.25) is 0 Å². The summed E-state index contributed by atoms with van der Waals surface area (Å²) in [5.74, 6) is 0. The second-order valence-corrected chi connectivity index (χ2v) is 3.22. The molecule has 0 amide bonds. The smallest absolute Gasteiger partial charge is 0.294 e. The molecule has 0 bridgehead atoms. The lowest BCUT2D eigenvalue weighted by Crippen LogP contribution is -2.09. The molecule has 0 saturated carbocycles.